The molecule has 19 heavy (non-hydrogen) atoms. The van der Waals surface area contributed by atoms with Gasteiger partial charge in [0.1, 0.15) is 5.75 Å². The van der Waals surface area contributed by atoms with Gasteiger partial charge in [-0.3, -0.25) is 0 Å². The molecule has 0 amide bonds. The van der Waals surface area contributed by atoms with Crippen LogP contribution in [0.5, 0.6) is 5.75 Å². The van der Waals surface area contributed by atoms with Gasteiger partial charge >= 0.3 is 0 Å². The van der Waals surface area contributed by atoms with Crippen molar-refractivity contribution in [1.29, 1.82) is 0 Å². The quantitative estimate of drug-likeness (QED) is 0.864. The topological polar surface area (TPSA) is 66.0 Å². The zero-order valence-electron chi connectivity index (χ0n) is 11.4. The van der Waals surface area contributed by atoms with Gasteiger partial charge in [-0.05, 0) is 31.0 Å². The number of hydrogen-bond acceptors (Lipinski definition) is 4. The Morgan fingerprint density at radius 1 is 1.26 bits per heavy atom. The molecular weight excluding hydrogens is 240 g/mol. The molecule has 2 aromatic rings. The average Bonchev–Trinajstić information content (AvgIpc) is 2.88. The largest absolute Gasteiger partial charge is 0.494 e. The van der Waals surface area contributed by atoms with Gasteiger partial charge in [-0.2, -0.15) is 0 Å². The highest BCUT2D eigenvalue weighted by atomic mass is 16.5. The van der Waals surface area contributed by atoms with Gasteiger partial charge in [-0.25, -0.2) is 4.68 Å². The van der Waals surface area contributed by atoms with Gasteiger partial charge in [-0.15, -0.1) is 5.10 Å². The summed E-state index contributed by atoms with van der Waals surface area (Å²) >= 11 is 0. The summed E-state index contributed by atoms with van der Waals surface area (Å²) in [6.45, 7) is 5.57. The molecule has 0 aliphatic rings. The minimum atomic E-state index is -0.211. The van der Waals surface area contributed by atoms with E-state index in [1.165, 1.54) is 0 Å². The van der Waals surface area contributed by atoms with Crippen LogP contribution in [0.15, 0.2) is 30.5 Å². The van der Waals surface area contributed by atoms with E-state index in [-0.39, 0.29) is 6.04 Å². The van der Waals surface area contributed by atoms with Gasteiger partial charge in [0.25, 0.3) is 0 Å². The fourth-order valence-electron chi connectivity index (χ4n) is 2.00. The standard InChI is InChI=1S/C14H20N4O/c1-3-9-18-13(10-16-17-18)14(15)11-5-7-12(8-6-11)19-4-2/h5-8,10,14H,3-4,9,15H2,1-2H3. The third kappa shape index (κ3) is 3.12. The van der Waals surface area contributed by atoms with Crippen molar-refractivity contribution in [2.75, 3.05) is 6.61 Å². The Hall–Kier alpha value is -1.88. The average molecular weight is 260 g/mol. The second-order valence-corrected chi connectivity index (χ2v) is 4.36. The Kier molecular flexibility index (Phi) is 4.52. The maximum atomic E-state index is 6.27. The normalized spacial score (nSPS) is 12.4. The lowest BCUT2D eigenvalue weighted by Gasteiger charge is -2.14. The summed E-state index contributed by atoms with van der Waals surface area (Å²) in [7, 11) is 0. The van der Waals surface area contributed by atoms with E-state index in [0.29, 0.717) is 6.61 Å². The van der Waals surface area contributed by atoms with E-state index < -0.39 is 0 Å². The van der Waals surface area contributed by atoms with Crippen molar-refractivity contribution >= 4 is 0 Å². The molecule has 0 radical (unpaired) electrons. The highest BCUT2D eigenvalue weighted by Gasteiger charge is 2.14. The van der Waals surface area contributed by atoms with E-state index in [2.05, 4.69) is 17.2 Å². The highest BCUT2D eigenvalue weighted by molar-refractivity contribution is 5.32. The van der Waals surface area contributed by atoms with Gasteiger partial charge in [0.2, 0.25) is 0 Å². The third-order valence-electron chi connectivity index (χ3n) is 2.95. The van der Waals surface area contributed by atoms with Crippen LogP contribution in [0.3, 0.4) is 0 Å². The summed E-state index contributed by atoms with van der Waals surface area (Å²) in [5.41, 5.74) is 8.24. The Balaban J connectivity index is 2.18. The number of hydrogen-bond donors (Lipinski definition) is 1. The predicted molar refractivity (Wildman–Crippen MR) is 74.0 cm³/mol. The van der Waals surface area contributed by atoms with Gasteiger partial charge in [0.15, 0.2) is 0 Å². The second-order valence-electron chi connectivity index (χ2n) is 4.36. The molecule has 0 bridgehead atoms. The first-order valence-electron chi connectivity index (χ1n) is 6.63. The molecule has 2 rings (SSSR count). The van der Waals surface area contributed by atoms with E-state index in [1.54, 1.807) is 6.20 Å². The van der Waals surface area contributed by atoms with Crippen LogP contribution in [0, 0.1) is 0 Å². The number of benzene rings is 1. The molecule has 102 valence electrons. The molecule has 1 atom stereocenters. The zero-order valence-corrected chi connectivity index (χ0v) is 11.4. The second kappa shape index (κ2) is 6.33. The summed E-state index contributed by atoms with van der Waals surface area (Å²) in [5, 5.41) is 8.00. The number of ether oxygens (including phenoxy) is 1. The Morgan fingerprint density at radius 3 is 2.63 bits per heavy atom. The molecule has 1 unspecified atom stereocenters. The van der Waals surface area contributed by atoms with E-state index in [0.717, 1.165) is 30.0 Å². The van der Waals surface area contributed by atoms with Crippen LogP contribution >= 0.6 is 0 Å². The lowest BCUT2D eigenvalue weighted by molar-refractivity contribution is 0.340. The number of aromatic nitrogens is 3. The molecule has 0 fully saturated rings. The molecule has 0 saturated carbocycles. The lowest BCUT2D eigenvalue weighted by Crippen LogP contribution is -2.17. The molecule has 0 saturated heterocycles. The van der Waals surface area contributed by atoms with Crippen LogP contribution < -0.4 is 10.5 Å². The third-order valence-corrected chi connectivity index (χ3v) is 2.95. The van der Waals surface area contributed by atoms with Crippen molar-refractivity contribution in [3.63, 3.8) is 0 Å². The van der Waals surface area contributed by atoms with Crippen molar-refractivity contribution in [3.8, 4) is 5.75 Å². The molecule has 0 aliphatic heterocycles. The highest BCUT2D eigenvalue weighted by Crippen LogP contribution is 2.21. The van der Waals surface area contributed by atoms with Gasteiger partial charge in [-0.1, -0.05) is 24.3 Å². The van der Waals surface area contributed by atoms with E-state index in [9.17, 15) is 0 Å². The van der Waals surface area contributed by atoms with Crippen molar-refractivity contribution in [3.05, 3.63) is 41.7 Å². The molecule has 1 aromatic carbocycles. The summed E-state index contributed by atoms with van der Waals surface area (Å²) in [5.74, 6) is 0.860. The van der Waals surface area contributed by atoms with E-state index in [4.69, 9.17) is 10.5 Å². The first-order chi connectivity index (χ1) is 9.26. The van der Waals surface area contributed by atoms with Crippen molar-refractivity contribution in [1.82, 2.24) is 15.0 Å². The monoisotopic (exact) mass is 260 g/mol. The number of nitrogens with zero attached hydrogens (tertiary/aromatic N) is 3. The minimum Gasteiger partial charge on any atom is -0.494 e. The van der Waals surface area contributed by atoms with Crippen LogP contribution in [0.2, 0.25) is 0 Å². The molecule has 5 heteroatoms. The smallest absolute Gasteiger partial charge is 0.119 e. The van der Waals surface area contributed by atoms with Gasteiger partial charge in [0, 0.05) is 6.54 Å². The van der Waals surface area contributed by atoms with E-state index >= 15 is 0 Å². The predicted octanol–water partition coefficient (Wildman–Crippen LogP) is 2.13. The Labute approximate surface area is 113 Å². The molecule has 2 N–H and O–H groups in total. The van der Waals surface area contributed by atoms with Crippen molar-refractivity contribution in [2.24, 2.45) is 5.73 Å². The maximum absolute atomic E-state index is 6.27. The first-order valence-corrected chi connectivity index (χ1v) is 6.63. The minimum absolute atomic E-state index is 0.211. The number of rotatable bonds is 6. The van der Waals surface area contributed by atoms with E-state index in [1.807, 2.05) is 35.9 Å². The van der Waals surface area contributed by atoms with Crippen LogP contribution in [0.25, 0.3) is 0 Å². The number of nitrogens with two attached hydrogens (primary N) is 1. The van der Waals surface area contributed by atoms with Crippen molar-refractivity contribution < 1.29 is 4.74 Å². The van der Waals surface area contributed by atoms with Crippen molar-refractivity contribution in [2.45, 2.75) is 32.9 Å². The van der Waals surface area contributed by atoms with Gasteiger partial charge in [0.05, 0.1) is 24.5 Å². The molecule has 5 nitrogen and oxygen atoms in total. The SMILES string of the molecule is CCCn1nncc1C(N)c1ccc(OCC)cc1. The molecule has 1 heterocycles. The van der Waals surface area contributed by atoms with Gasteiger partial charge < -0.3 is 10.5 Å². The summed E-state index contributed by atoms with van der Waals surface area (Å²) in [4.78, 5) is 0. The fraction of sp³-hybridized carbons (Fsp3) is 0.429. The Bertz CT molecular complexity index is 506. The fourth-order valence-corrected chi connectivity index (χ4v) is 2.00. The summed E-state index contributed by atoms with van der Waals surface area (Å²) in [6, 6.07) is 7.63. The zero-order chi connectivity index (χ0) is 13.7. The maximum Gasteiger partial charge on any atom is 0.119 e. The molecule has 1 aromatic heterocycles. The number of aryl methyl sites for hydroxylation is 1. The summed E-state index contributed by atoms with van der Waals surface area (Å²) in [6.07, 6.45) is 2.74. The van der Waals surface area contributed by atoms with Crippen LogP contribution in [-0.4, -0.2) is 21.6 Å². The molecule has 0 spiro atoms. The molecular formula is C14H20N4O. The summed E-state index contributed by atoms with van der Waals surface area (Å²) < 4.78 is 7.29. The lowest BCUT2D eigenvalue weighted by atomic mass is 10.0. The van der Waals surface area contributed by atoms with Crippen LogP contribution in [0.1, 0.15) is 37.6 Å². The van der Waals surface area contributed by atoms with Crippen LogP contribution in [0.4, 0.5) is 0 Å². The van der Waals surface area contributed by atoms with Crippen LogP contribution in [-0.2, 0) is 6.54 Å². The first kappa shape index (κ1) is 13.5. The molecule has 0 aliphatic carbocycles. The Morgan fingerprint density at radius 2 is 2.00 bits per heavy atom.